The van der Waals surface area contributed by atoms with Crippen LogP contribution in [0.2, 0.25) is 0 Å². The Morgan fingerprint density at radius 1 is 0.880 bits per heavy atom. The molecule has 0 aliphatic carbocycles. The van der Waals surface area contributed by atoms with Crippen molar-refractivity contribution >= 4 is 33.3 Å². The number of anilines is 1. The lowest BCUT2D eigenvalue weighted by molar-refractivity contribution is 0.0998. The van der Waals surface area contributed by atoms with Crippen molar-refractivity contribution in [2.24, 2.45) is 0 Å². The van der Waals surface area contributed by atoms with E-state index < -0.39 is 0 Å². The van der Waals surface area contributed by atoms with Crippen LogP contribution in [-0.4, -0.2) is 5.91 Å². The molecule has 0 spiro atoms. The number of rotatable bonds is 2. The van der Waals surface area contributed by atoms with Crippen LogP contribution in [0, 0.1) is 20.8 Å². The van der Waals surface area contributed by atoms with Crippen molar-refractivity contribution in [3.63, 3.8) is 0 Å². The largest absolute Gasteiger partial charge is 0.451 e. The van der Waals surface area contributed by atoms with Crippen LogP contribution in [0.15, 0.2) is 59.0 Å². The molecule has 0 bridgehead atoms. The summed E-state index contributed by atoms with van der Waals surface area (Å²) in [5.74, 6) is 0.0982. The van der Waals surface area contributed by atoms with Gasteiger partial charge >= 0.3 is 0 Å². The standard InChI is InChI=1S/C22H19NO2/c1-13-10-14(2)21(15(3)11-13)23-22(24)20-12-18-17-7-5-4-6-16(17)8-9-19(18)25-20/h4-12H,1-3H3,(H,23,24). The number of benzene rings is 3. The summed E-state index contributed by atoms with van der Waals surface area (Å²) >= 11 is 0. The SMILES string of the molecule is Cc1cc(C)c(NC(=O)c2cc3c(ccc4ccccc43)o2)c(C)c1. The molecule has 3 aromatic carbocycles. The fraction of sp³-hybridized carbons (Fsp3) is 0.136. The molecule has 0 fully saturated rings. The van der Waals surface area contributed by atoms with Gasteiger partial charge in [0, 0.05) is 11.1 Å². The minimum Gasteiger partial charge on any atom is -0.451 e. The molecule has 124 valence electrons. The lowest BCUT2D eigenvalue weighted by Gasteiger charge is -2.11. The highest BCUT2D eigenvalue weighted by molar-refractivity contribution is 6.11. The van der Waals surface area contributed by atoms with Gasteiger partial charge in [0.25, 0.3) is 5.91 Å². The summed E-state index contributed by atoms with van der Waals surface area (Å²) in [6.07, 6.45) is 0. The highest BCUT2D eigenvalue weighted by Crippen LogP contribution is 2.29. The Labute approximate surface area is 146 Å². The zero-order chi connectivity index (χ0) is 17.6. The topological polar surface area (TPSA) is 42.2 Å². The van der Waals surface area contributed by atoms with E-state index in [-0.39, 0.29) is 5.91 Å². The van der Waals surface area contributed by atoms with Crippen LogP contribution in [0.5, 0.6) is 0 Å². The molecule has 3 heteroatoms. The second-order valence-corrected chi connectivity index (χ2v) is 6.54. The second-order valence-electron chi connectivity index (χ2n) is 6.54. The van der Waals surface area contributed by atoms with Crippen molar-refractivity contribution < 1.29 is 9.21 Å². The van der Waals surface area contributed by atoms with Gasteiger partial charge < -0.3 is 9.73 Å². The van der Waals surface area contributed by atoms with E-state index in [9.17, 15) is 4.79 Å². The van der Waals surface area contributed by atoms with E-state index in [1.54, 1.807) is 0 Å². The summed E-state index contributed by atoms with van der Waals surface area (Å²) in [7, 11) is 0. The van der Waals surface area contributed by atoms with Gasteiger partial charge in [0.05, 0.1) is 0 Å². The molecule has 1 aromatic heterocycles. The summed E-state index contributed by atoms with van der Waals surface area (Å²) < 4.78 is 5.80. The van der Waals surface area contributed by atoms with Crippen LogP contribution < -0.4 is 5.32 Å². The van der Waals surface area contributed by atoms with E-state index >= 15 is 0 Å². The van der Waals surface area contributed by atoms with E-state index in [2.05, 4.69) is 30.4 Å². The van der Waals surface area contributed by atoms with Gasteiger partial charge in [-0.2, -0.15) is 0 Å². The zero-order valence-electron chi connectivity index (χ0n) is 14.5. The number of fused-ring (bicyclic) bond motifs is 3. The van der Waals surface area contributed by atoms with Crippen molar-refractivity contribution in [1.29, 1.82) is 0 Å². The Kier molecular flexibility index (Phi) is 3.57. The third-order valence-electron chi connectivity index (χ3n) is 4.57. The van der Waals surface area contributed by atoms with Gasteiger partial charge in [0.2, 0.25) is 0 Å². The minimum absolute atomic E-state index is 0.227. The molecule has 1 heterocycles. The van der Waals surface area contributed by atoms with E-state index in [1.165, 1.54) is 5.56 Å². The van der Waals surface area contributed by atoms with Crippen molar-refractivity contribution in [3.05, 3.63) is 77.0 Å². The van der Waals surface area contributed by atoms with Crippen LogP contribution in [0.3, 0.4) is 0 Å². The number of hydrogen-bond acceptors (Lipinski definition) is 2. The maximum absolute atomic E-state index is 12.7. The zero-order valence-corrected chi connectivity index (χ0v) is 14.5. The smallest absolute Gasteiger partial charge is 0.291 e. The van der Waals surface area contributed by atoms with Crippen LogP contribution in [-0.2, 0) is 0 Å². The predicted octanol–water partition coefficient (Wildman–Crippen LogP) is 5.76. The van der Waals surface area contributed by atoms with Gasteiger partial charge in [-0.25, -0.2) is 0 Å². The first-order valence-corrected chi connectivity index (χ1v) is 8.33. The average Bonchev–Trinajstić information content (AvgIpc) is 3.02. The summed E-state index contributed by atoms with van der Waals surface area (Å²) in [5.41, 5.74) is 4.85. The monoisotopic (exact) mass is 329 g/mol. The first-order chi connectivity index (χ1) is 12.0. The highest BCUT2D eigenvalue weighted by atomic mass is 16.3. The molecule has 4 aromatic rings. The minimum atomic E-state index is -0.227. The Balaban J connectivity index is 1.75. The van der Waals surface area contributed by atoms with E-state index in [0.717, 1.165) is 38.6 Å². The summed E-state index contributed by atoms with van der Waals surface area (Å²) in [6, 6.07) is 18.0. The maximum atomic E-state index is 12.7. The van der Waals surface area contributed by atoms with Gasteiger partial charge in [0.15, 0.2) is 5.76 Å². The van der Waals surface area contributed by atoms with E-state index in [1.807, 2.05) is 50.2 Å². The fourth-order valence-corrected chi connectivity index (χ4v) is 3.46. The number of aryl methyl sites for hydroxylation is 3. The quantitative estimate of drug-likeness (QED) is 0.508. The molecular formula is C22H19NO2. The molecule has 4 rings (SSSR count). The van der Waals surface area contributed by atoms with Crippen molar-refractivity contribution in [2.75, 3.05) is 5.32 Å². The summed E-state index contributed by atoms with van der Waals surface area (Å²) in [5, 5.41) is 6.18. The van der Waals surface area contributed by atoms with Crippen LogP contribution in [0.4, 0.5) is 5.69 Å². The Morgan fingerprint density at radius 3 is 2.36 bits per heavy atom. The van der Waals surface area contributed by atoms with Crippen LogP contribution in [0.25, 0.3) is 21.7 Å². The van der Waals surface area contributed by atoms with Crippen molar-refractivity contribution in [2.45, 2.75) is 20.8 Å². The number of carbonyl (C=O) groups is 1. The molecule has 0 radical (unpaired) electrons. The predicted molar refractivity (Wildman–Crippen MR) is 102 cm³/mol. The normalized spacial score (nSPS) is 11.2. The van der Waals surface area contributed by atoms with Gasteiger partial charge in [0.1, 0.15) is 5.58 Å². The lowest BCUT2D eigenvalue weighted by atomic mass is 10.0. The second kappa shape index (κ2) is 5.78. The fourth-order valence-electron chi connectivity index (χ4n) is 3.46. The number of hydrogen-bond donors (Lipinski definition) is 1. The molecule has 0 saturated carbocycles. The lowest BCUT2D eigenvalue weighted by Crippen LogP contribution is -2.13. The molecule has 25 heavy (non-hydrogen) atoms. The van der Waals surface area contributed by atoms with Gasteiger partial charge in [-0.15, -0.1) is 0 Å². The molecule has 0 saturated heterocycles. The van der Waals surface area contributed by atoms with Crippen LogP contribution >= 0.6 is 0 Å². The Morgan fingerprint density at radius 2 is 1.60 bits per heavy atom. The van der Waals surface area contributed by atoms with Crippen LogP contribution in [0.1, 0.15) is 27.2 Å². The molecule has 0 unspecified atom stereocenters. The van der Waals surface area contributed by atoms with E-state index in [4.69, 9.17) is 4.42 Å². The highest BCUT2D eigenvalue weighted by Gasteiger charge is 2.16. The molecule has 1 amide bonds. The molecule has 0 aliphatic heterocycles. The third kappa shape index (κ3) is 2.68. The molecular weight excluding hydrogens is 310 g/mol. The average molecular weight is 329 g/mol. The van der Waals surface area contributed by atoms with Crippen molar-refractivity contribution in [1.82, 2.24) is 0 Å². The van der Waals surface area contributed by atoms with Gasteiger partial charge in [-0.3, -0.25) is 4.79 Å². The molecule has 0 aliphatic rings. The maximum Gasteiger partial charge on any atom is 0.291 e. The third-order valence-corrected chi connectivity index (χ3v) is 4.57. The van der Waals surface area contributed by atoms with Gasteiger partial charge in [-0.1, -0.05) is 48.0 Å². The molecule has 1 N–H and O–H groups in total. The first-order valence-electron chi connectivity index (χ1n) is 8.33. The molecule has 0 atom stereocenters. The van der Waals surface area contributed by atoms with Gasteiger partial charge in [-0.05, 0) is 54.8 Å². The number of carbonyl (C=O) groups excluding carboxylic acids is 1. The Hall–Kier alpha value is -3.07. The number of nitrogens with one attached hydrogen (secondary N) is 1. The number of amides is 1. The summed E-state index contributed by atoms with van der Waals surface area (Å²) in [4.78, 5) is 12.7. The molecule has 3 nitrogen and oxygen atoms in total. The summed E-state index contributed by atoms with van der Waals surface area (Å²) in [6.45, 7) is 6.06. The van der Waals surface area contributed by atoms with Crippen molar-refractivity contribution in [3.8, 4) is 0 Å². The first kappa shape index (κ1) is 15.5. The number of furan rings is 1. The van der Waals surface area contributed by atoms with E-state index in [0.29, 0.717) is 5.76 Å². The Bertz CT molecular complexity index is 1100.